The summed E-state index contributed by atoms with van der Waals surface area (Å²) in [6.07, 6.45) is 1.72. The van der Waals surface area contributed by atoms with E-state index in [9.17, 15) is 17.2 Å². The van der Waals surface area contributed by atoms with Gasteiger partial charge in [0.1, 0.15) is 0 Å². The van der Waals surface area contributed by atoms with Crippen LogP contribution < -0.4 is 4.90 Å². The molecule has 1 heterocycles. The molecule has 0 aromatic heterocycles. The van der Waals surface area contributed by atoms with Gasteiger partial charge < -0.3 is 4.90 Å². The van der Waals surface area contributed by atoms with Crippen molar-refractivity contribution in [2.24, 2.45) is 0 Å². The zero-order chi connectivity index (χ0) is 15.1. The van der Waals surface area contributed by atoms with Crippen molar-refractivity contribution in [1.82, 2.24) is 4.31 Å². The zero-order valence-corrected chi connectivity index (χ0v) is 13.5. The molecule has 1 fully saturated rings. The number of halogens is 3. The van der Waals surface area contributed by atoms with Crippen LogP contribution in [0.5, 0.6) is 0 Å². The molecule has 0 N–H and O–H groups in total. The molecule has 1 atom stereocenters. The molecule has 0 spiro atoms. The molecule has 0 unspecified atom stereocenters. The van der Waals surface area contributed by atoms with Gasteiger partial charge in [-0.3, -0.25) is 0 Å². The van der Waals surface area contributed by atoms with Crippen molar-refractivity contribution in [3.05, 3.63) is 28.2 Å². The topological polar surface area (TPSA) is 40.6 Å². The lowest BCUT2D eigenvalue weighted by atomic mass is 10.2. The fourth-order valence-corrected chi connectivity index (χ4v) is 3.31. The number of benzene rings is 1. The standard InChI is InChI=1S/C12H15BrF2N2O2S/c1-16(20(2,18)19)8-5-6-17(7-8)10-4-3-9(13)11(14)12(10)15/h3-4,8H,5-7H2,1-2H3/t8-/m1/s1. The maximum absolute atomic E-state index is 13.9. The van der Waals surface area contributed by atoms with Crippen molar-refractivity contribution in [2.45, 2.75) is 12.5 Å². The van der Waals surface area contributed by atoms with Crippen LogP contribution in [-0.4, -0.2) is 45.2 Å². The van der Waals surface area contributed by atoms with Crippen molar-refractivity contribution < 1.29 is 17.2 Å². The first-order valence-corrected chi connectivity index (χ1v) is 8.67. The Morgan fingerprint density at radius 2 is 2.00 bits per heavy atom. The minimum absolute atomic E-state index is 0.0720. The van der Waals surface area contributed by atoms with Crippen LogP contribution in [0.15, 0.2) is 16.6 Å². The SMILES string of the molecule is CN([C@@H]1CCN(c2ccc(Br)c(F)c2F)C1)S(C)(=O)=O. The molecule has 0 amide bonds. The van der Waals surface area contributed by atoms with Crippen molar-refractivity contribution in [2.75, 3.05) is 31.3 Å². The maximum atomic E-state index is 13.9. The van der Waals surface area contributed by atoms with Gasteiger partial charge in [-0.25, -0.2) is 21.5 Å². The fraction of sp³-hybridized carbons (Fsp3) is 0.500. The molecule has 1 aliphatic rings. The number of sulfonamides is 1. The highest BCUT2D eigenvalue weighted by atomic mass is 79.9. The van der Waals surface area contributed by atoms with Gasteiger partial charge in [-0.15, -0.1) is 0 Å². The molecule has 0 radical (unpaired) electrons. The highest BCUT2D eigenvalue weighted by molar-refractivity contribution is 9.10. The Morgan fingerprint density at radius 1 is 1.35 bits per heavy atom. The molecule has 8 heteroatoms. The molecule has 0 saturated carbocycles. The van der Waals surface area contributed by atoms with Crippen LogP contribution in [-0.2, 0) is 10.0 Å². The molecular weight excluding hydrogens is 354 g/mol. The average molecular weight is 369 g/mol. The Hall–Kier alpha value is -0.730. The van der Waals surface area contributed by atoms with Crippen LogP contribution >= 0.6 is 15.9 Å². The number of likely N-dealkylation sites (N-methyl/N-ethyl adjacent to an activating group) is 1. The Bertz CT molecular complexity index is 624. The van der Waals surface area contributed by atoms with Gasteiger partial charge in [0.15, 0.2) is 11.6 Å². The monoisotopic (exact) mass is 368 g/mol. The van der Waals surface area contributed by atoms with Gasteiger partial charge in [-0.2, -0.15) is 0 Å². The van der Waals surface area contributed by atoms with Crippen molar-refractivity contribution >= 4 is 31.6 Å². The number of hydrogen-bond acceptors (Lipinski definition) is 3. The third-order valence-corrected chi connectivity index (χ3v) is 5.51. The Kier molecular flexibility index (Phi) is 4.36. The van der Waals surface area contributed by atoms with E-state index in [1.165, 1.54) is 23.5 Å². The molecule has 1 saturated heterocycles. The number of nitrogens with zero attached hydrogens (tertiary/aromatic N) is 2. The van der Waals surface area contributed by atoms with E-state index < -0.39 is 21.7 Å². The van der Waals surface area contributed by atoms with Crippen LogP contribution in [0.4, 0.5) is 14.5 Å². The summed E-state index contributed by atoms with van der Waals surface area (Å²) in [5, 5.41) is 0. The van der Waals surface area contributed by atoms with Crippen LogP contribution in [0.25, 0.3) is 0 Å². The van der Waals surface area contributed by atoms with E-state index >= 15 is 0 Å². The van der Waals surface area contributed by atoms with Gasteiger partial charge in [-0.05, 0) is 34.5 Å². The summed E-state index contributed by atoms with van der Waals surface area (Å²) in [5.74, 6) is -1.84. The third kappa shape index (κ3) is 2.96. The summed E-state index contributed by atoms with van der Waals surface area (Å²) >= 11 is 2.93. The van der Waals surface area contributed by atoms with E-state index in [1.54, 1.807) is 4.90 Å². The summed E-state index contributed by atoms with van der Waals surface area (Å²) < 4.78 is 51.8. The molecule has 1 aliphatic heterocycles. The van der Waals surface area contributed by atoms with Crippen LogP contribution in [0.2, 0.25) is 0 Å². The first kappa shape index (κ1) is 15.7. The first-order chi connectivity index (χ1) is 9.21. The maximum Gasteiger partial charge on any atom is 0.211 e. The van der Waals surface area contributed by atoms with E-state index in [4.69, 9.17) is 0 Å². The lowest BCUT2D eigenvalue weighted by molar-refractivity contribution is 0.393. The van der Waals surface area contributed by atoms with Gasteiger partial charge in [-0.1, -0.05) is 0 Å². The number of anilines is 1. The molecular formula is C12H15BrF2N2O2S. The van der Waals surface area contributed by atoms with E-state index in [0.29, 0.717) is 19.5 Å². The Morgan fingerprint density at radius 3 is 2.60 bits per heavy atom. The predicted molar refractivity (Wildman–Crippen MR) is 77.3 cm³/mol. The third-order valence-electron chi connectivity index (χ3n) is 3.56. The van der Waals surface area contributed by atoms with Gasteiger partial charge >= 0.3 is 0 Å². The summed E-state index contributed by atoms with van der Waals surface area (Å²) in [6.45, 7) is 0.837. The summed E-state index contributed by atoms with van der Waals surface area (Å²) in [7, 11) is -1.78. The normalized spacial score (nSPS) is 19.9. The van der Waals surface area contributed by atoms with Crippen molar-refractivity contribution in [1.29, 1.82) is 0 Å². The van der Waals surface area contributed by atoms with E-state index in [2.05, 4.69) is 15.9 Å². The minimum Gasteiger partial charge on any atom is -0.367 e. The van der Waals surface area contributed by atoms with Gasteiger partial charge in [0.05, 0.1) is 16.4 Å². The van der Waals surface area contributed by atoms with Crippen LogP contribution in [0.3, 0.4) is 0 Å². The molecule has 20 heavy (non-hydrogen) atoms. The zero-order valence-electron chi connectivity index (χ0n) is 11.1. The Labute approximate surface area is 125 Å². The fourth-order valence-electron chi connectivity index (χ4n) is 2.29. The lowest BCUT2D eigenvalue weighted by Crippen LogP contribution is -2.38. The lowest BCUT2D eigenvalue weighted by Gasteiger charge is -2.23. The van der Waals surface area contributed by atoms with Crippen molar-refractivity contribution in [3.63, 3.8) is 0 Å². The van der Waals surface area contributed by atoms with E-state index in [1.807, 2.05) is 0 Å². The van der Waals surface area contributed by atoms with Gasteiger partial charge in [0, 0.05) is 26.2 Å². The molecule has 1 aromatic carbocycles. The molecule has 0 aliphatic carbocycles. The molecule has 0 bridgehead atoms. The largest absolute Gasteiger partial charge is 0.367 e. The smallest absolute Gasteiger partial charge is 0.211 e. The number of hydrogen-bond donors (Lipinski definition) is 0. The Balaban J connectivity index is 2.20. The summed E-state index contributed by atoms with van der Waals surface area (Å²) in [5.41, 5.74) is 0.162. The second kappa shape index (κ2) is 5.57. The van der Waals surface area contributed by atoms with E-state index in [-0.39, 0.29) is 16.2 Å². The molecule has 1 aromatic rings. The predicted octanol–water partition coefficient (Wildman–Crippen LogP) is 2.20. The van der Waals surface area contributed by atoms with Gasteiger partial charge in [0.2, 0.25) is 10.0 Å². The highest BCUT2D eigenvalue weighted by Crippen LogP contribution is 2.30. The van der Waals surface area contributed by atoms with Crippen molar-refractivity contribution in [3.8, 4) is 0 Å². The summed E-state index contributed by atoms with van der Waals surface area (Å²) in [4.78, 5) is 1.66. The number of rotatable bonds is 3. The highest BCUT2D eigenvalue weighted by Gasteiger charge is 2.31. The molecule has 2 rings (SSSR count). The minimum atomic E-state index is -3.29. The molecule has 4 nitrogen and oxygen atoms in total. The van der Waals surface area contributed by atoms with E-state index in [0.717, 1.165) is 6.26 Å². The van der Waals surface area contributed by atoms with Crippen LogP contribution in [0.1, 0.15) is 6.42 Å². The second-order valence-electron chi connectivity index (χ2n) is 4.86. The second-order valence-corrected chi connectivity index (χ2v) is 7.76. The van der Waals surface area contributed by atoms with Gasteiger partial charge in [0.25, 0.3) is 0 Å². The summed E-state index contributed by atoms with van der Waals surface area (Å²) in [6, 6.07) is 2.71. The average Bonchev–Trinajstić information content (AvgIpc) is 2.83. The van der Waals surface area contributed by atoms with Crippen LogP contribution in [0, 0.1) is 11.6 Å². The molecule has 112 valence electrons. The first-order valence-electron chi connectivity index (χ1n) is 6.03. The quantitative estimate of drug-likeness (QED) is 0.768.